The Kier molecular flexibility index (Phi) is 7.26. The van der Waals surface area contributed by atoms with Crippen molar-refractivity contribution in [3.63, 3.8) is 0 Å². The Morgan fingerprint density at radius 1 is 1.18 bits per heavy atom. The van der Waals surface area contributed by atoms with E-state index in [9.17, 15) is 13.2 Å². The molecule has 0 saturated carbocycles. The zero-order valence-electron chi connectivity index (χ0n) is 20.3. The molecule has 0 aliphatic carbocycles. The molecule has 7 nitrogen and oxygen atoms in total. The van der Waals surface area contributed by atoms with Gasteiger partial charge in [0.05, 0.1) is 25.1 Å². The van der Waals surface area contributed by atoms with Crippen LogP contribution < -0.4 is 19.1 Å². The molecule has 33 heavy (non-hydrogen) atoms. The first-order valence-electron chi connectivity index (χ1n) is 11.1. The smallest absolute Gasteiger partial charge is 0.232 e. The number of hydrogen-bond donors (Lipinski definition) is 1. The summed E-state index contributed by atoms with van der Waals surface area (Å²) in [6.45, 7) is 8.09. The highest BCUT2D eigenvalue weighted by atomic mass is 32.2. The van der Waals surface area contributed by atoms with E-state index >= 15 is 0 Å². The molecule has 2 aromatic carbocycles. The van der Waals surface area contributed by atoms with Crippen LogP contribution in [-0.4, -0.2) is 39.8 Å². The highest BCUT2D eigenvalue weighted by Gasteiger charge is 2.34. The van der Waals surface area contributed by atoms with Crippen LogP contribution in [0.25, 0.3) is 0 Å². The third-order valence-corrected chi connectivity index (χ3v) is 6.87. The van der Waals surface area contributed by atoms with Crippen molar-refractivity contribution in [2.45, 2.75) is 58.6 Å². The molecule has 2 aromatic rings. The van der Waals surface area contributed by atoms with Gasteiger partial charge in [-0.3, -0.25) is 9.10 Å². The van der Waals surface area contributed by atoms with Gasteiger partial charge in [0.1, 0.15) is 17.1 Å². The number of hydrogen-bond acceptors (Lipinski definition) is 5. The van der Waals surface area contributed by atoms with Crippen LogP contribution in [0.3, 0.4) is 0 Å². The van der Waals surface area contributed by atoms with Crippen molar-refractivity contribution in [2.24, 2.45) is 0 Å². The molecule has 1 aliphatic rings. The summed E-state index contributed by atoms with van der Waals surface area (Å²) >= 11 is 0. The third-order valence-electron chi connectivity index (χ3n) is 5.67. The molecule has 0 spiro atoms. The van der Waals surface area contributed by atoms with Gasteiger partial charge < -0.3 is 14.8 Å². The average Bonchev–Trinajstić information content (AvgIpc) is 2.68. The summed E-state index contributed by atoms with van der Waals surface area (Å²) in [5.41, 5.74) is 3.09. The summed E-state index contributed by atoms with van der Waals surface area (Å²) < 4.78 is 37.6. The number of amides is 1. The maximum Gasteiger partial charge on any atom is 0.232 e. The number of aryl methyl sites for hydroxylation is 2. The first-order chi connectivity index (χ1) is 15.4. The minimum Gasteiger partial charge on any atom is -0.497 e. The summed E-state index contributed by atoms with van der Waals surface area (Å²) in [6, 6.07) is 11.1. The topological polar surface area (TPSA) is 84.9 Å². The maximum atomic E-state index is 12.8. The average molecular weight is 475 g/mol. The fourth-order valence-electron chi connectivity index (χ4n) is 4.32. The molecule has 1 atom stereocenters. The van der Waals surface area contributed by atoms with Crippen molar-refractivity contribution in [1.82, 2.24) is 5.32 Å². The minimum atomic E-state index is -3.47. The fraction of sp³-hybridized carbons (Fsp3) is 0.480. The van der Waals surface area contributed by atoms with E-state index in [1.54, 1.807) is 7.11 Å². The zero-order chi connectivity index (χ0) is 24.4. The molecule has 0 aromatic heterocycles. The molecule has 180 valence electrons. The number of sulfonamides is 1. The van der Waals surface area contributed by atoms with Crippen LogP contribution in [-0.2, 0) is 14.8 Å². The molecule has 0 saturated heterocycles. The molecular weight excluding hydrogens is 440 g/mol. The highest BCUT2D eigenvalue weighted by molar-refractivity contribution is 7.92. The standard InChI is InChI=1S/C25H34N2O5S/c1-17-12-18(2)14-19(13-17)27(33(6,29)30)11-7-8-24(28)26-22-16-25(3,4)32-23-15-20(31-5)9-10-21(22)23/h9-10,12-15,22H,7-8,11,16H2,1-6H3,(H,26,28). The Bertz CT molecular complexity index is 1110. The number of ether oxygens (including phenoxy) is 2. The minimum absolute atomic E-state index is 0.117. The van der Waals surface area contributed by atoms with Crippen LogP contribution in [0, 0.1) is 13.8 Å². The van der Waals surface area contributed by atoms with E-state index in [4.69, 9.17) is 9.47 Å². The second kappa shape index (κ2) is 9.63. The van der Waals surface area contributed by atoms with Gasteiger partial charge in [-0.15, -0.1) is 0 Å². The van der Waals surface area contributed by atoms with Gasteiger partial charge in [-0.2, -0.15) is 0 Å². The Morgan fingerprint density at radius 2 is 1.85 bits per heavy atom. The first kappa shape index (κ1) is 24.9. The largest absolute Gasteiger partial charge is 0.497 e. The van der Waals surface area contributed by atoms with Gasteiger partial charge >= 0.3 is 0 Å². The number of nitrogens with zero attached hydrogens (tertiary/aromatic N) is 1. The van der Waals surface area contributed by atoms with Gasteiger partial charge in [0, 0.05) is 31.0 Å². The quantitative estimate of drug-likeness (QED) is 0.617. The number of nitrogens with one attached hydrogen (secondary N) is 1. The van der Waals surface area contributed by atoms with E-state index < -0.39 is 15.6 Å². The van der Waals surface area contributed by atoms with E-state index in [1.807, 2.05) is 64.1 Å². The third kappa shape index (κ3) is 6.41. The number of carbonyl (C=O) groups excluding carboxylic acids is 1. The second-order valence-electron chi connectivity index (χ2n) is 9.37. The molecule has 0 fully saturated rings. The van der Waals surface area contributed by atoms with Crippen LogP contribution in [0.5, 0.6) is 11.5 Å². The number of rotatable bonds is 8. The van der Waals surface area contributed by atoms with Gasteiger partial charge in [-0.25, -0.2) is 8.42 Å². The monoisotopic (exact) mass is 474 g/mol. The Balaban J connectivity index is 1.67. The van der Waals surface area contributed by atoms with E-state index in [-0.39, 0.29) is 24.9 Å². The van der Waals surface area contributed by atoms with Gasteiger partial charge in [0.2, 0.25) is 15.9 Å². The first-order valence-corrected chi connectivity index (χ1v) is 12.9. The summed E-state index contributed by atoms with van der Waals surface area (Å²) in [6.07, 6.45) is 2.46. The van der Waals surface area contributed by atoms with Crippen molar-refractivity contribution < 1.29 is 22.7 Å². The van der Waals surface area contributed by atoms with Gasteiger partial charge in [0.15, 0.2) is 0 Å². The van der Waals surface area contributed by atoms with Crippen LogP contribution in [0.15, 0.2) is 36.4 Å². The van der Waals surface area contributed by atoms with Gasteiger partial charge in [-0.1, -0.05) is 6.07 Å². The van der Waals surface area contributed by atoms with Crippen LogP contribution >= 0.6 is 0 Å². The summed E-state index contributed by atoms with van der Waals surface area (Å²) in [4.78, 5) is 12.8. The molecular formula is C25H34N2O5S. The second-order valence-corrected chi connectivity index (χ2v) is 11.3. The maximum absolute atomic E-state index is 12.8. The number of benzene rings is 2. The van der Waals surface area contributed by atoms with Crippen LogP contribution in [0.2, 0.25) is 0 Å². The molecule has 1 N–H and O–H groups in total. The zero-order valence-corrected chi connectivity index (χ0v) is 21.1. The van der Waals surface area contributed by atoms with E-state index in [0.717, 1.165) is 16.7 Å². The van der Waals surface area contributed by atoms with Crippen molar-refractivity contribution in [2.75, 3.05) is 24.2 Å². The number of methoxy groups -OCH3 is 1. The summed E-state index contributed by atoms with van der Waals surface area (Å²) in [5.74, 6) is 1.28. The van der Waals surface area contributed by atoms with Crippen LogP contribution in [0.1, 0.15) is 55.8 Å². The number of fused-ring (bicyclic) bond motifs is 1. The Hall–Kier alpha value is -2.74. The normalized spacial score (nSPS) is 17.0. The van der Waals surface area contributed by atoms with Crippen molar-refractivity contribution in [1.29, 1.82) is 0 Å². The highest BCUT2D eigenvalue weighted by Crippen LogP contribution is 2.41. The molecule has 0 radical (unpaired) electrons. The van der Waals surface area contributed by atoms with E-state index in [1.165, 1.54) is 10.6 Å². The fourth-order valence-corrected chi connectivity index (χ4v) is 5.27. The predicted molar refractivity (Wildman–Crippen MR) is 131 cm³/mol. The molecule has 1 amide bonds. The van der Waals surface area contributed by atoms with Gasteiger partial charge in [0.25, 0.3) is 0 Å². The Labute approximate surface area is 197 Å². The number of anilines is 1. The molecule has 3 rings (SSSR count). The predicted octanol–water partition coefficient (Wildman–Crippen LogP) is 4.28. The van der Waals surface area contributed by atoms with Crippen LogP contribution in [0.4, 0.5) is 5.69 Å². The van der Waals surface area contributed by atoms with Crippen molar-refractivity contribution >= 4 is 21.6 Å². The Morgan fingerprint density at radius 3 is 2.45 bits per heavy atom. The molecule has 0 bridgehead atoms. The summed E-state index contributed by atoms with van der Waals surface area (Å²) in [7, 11) is -1.86. The lowest BCUT2D eigenvalue weighted by Gasteiger charge is -2.38. The lowest BCUT2D eigenvalue weighted by molar-refractivity contribution is -0.122. The summed E-state index contributed by atoms with van der Waals surface area (Å²) in [5, 5.41) is 3.11. The lowest BCUT2D eigenvalue weighted by atomic mass is 9.89. The SMILES string of the molecule is COc1ccc2c(c1)OC(C)(C)CC2NC(=O)CCCN(c1cc(C)cc(C)c1)S(C)(=O)=O. The molecule has 8 heteroatoms. The van der Waals surface area contributed by atoms with Gasteiger partial charge in [-0.05, 0) is 69.5 Å². The van der Waals surface area contributed by atoms with Crippen molar-refractivity contribution in [3.8, 4) is 11.5 Å². The lowest BCUT2D eigenvalue weighted by Crippen LogP contribution is -2.41. The number of carbonyl (C=O) groups is 1. The molecule has 1 heterocycles. The molecule has 1 unspecified atom stereocenters. The van der Waals surface area contributed by atoms with Crippen molar-refractivity contribution in [3.05, 3.63) is 53.1 Å². The molecule has 1 aliphatic heterocycles. The van der Waals surface area contributed by atoms with E-state index in [0.29, 0.717) is 30.0 Å². The van der Waals surface area contributed by atoms with E-state index in [2.05, 4.69) is 5.32 Å².